The van der Waals surface area contributed by atoms with Crippen molar-refractivity contribution < 1.29 is 0 Å². The lowest BCUT2D eigenvalue weighted by Gasteiger charge is -2.02. The van der Waals surface area contributed by atoms with Gasteiger partial charge in [-0.3, -0.25) is 0 Å². The van der Waals surface area contributed by atoms with E-state index in [1.54, 1.807) is 0 Å². The summed E-state index contributed by atoms with van der Waals surface area (Å²) in [6, 6.07) is 0. The quantitative estimate of drug-likeness (QED) is 0.133. The van der Waals surface area contributed by atoms with Gasteiger partial charge >= 0.3 is 0 Å². The number of allylic oxidation sites excluding steroid dienone is 2. The van der Waals surface area contributed by atoms with Crippen molar-refractivity contribution in [1.82, 2.24) is 0 Å². The Labute approximate surface area is 167 Å². The molecule has 0 aromatic rings. The molecule has 0 atom stereocenters. The third kappa shape index (κ3) is 23.7. The molecule has 0 aliphatic carbocycles. The molecule has 0 saturated heterocycles. The van der Waals surface area contributed by atoms with E-state index in [1.807, 2.05) is 0 Å². The Morgan fingerprint density at radius 3 is 0.808 bits per heavy atom. The van der Waals surface area contributed by atoms with E-state index in [1.165, 1.54) is 128 Å². The second-order valence-corrected chi connectivity index (χ2v) is 8.12. The van der Waals surface area contributed by atoms with Gasteiger partial charge in [0.05, 0.1) is 0 Å². The van der Waals surface area contributed by atoms with Gasteiger partial charge in [-0.25, -0.2) is 0 Å². The first-order valence-corrected chi connectivity index (χ1v) is 12.1. The van der Waals surface area contributed by atoms with Crippen molar-refractivity contribution in [3.63, 3.8) is 0 Å². The normalized spacial score (nSPS) is 11.6. The summed E-state index contributed by atoms with van der Waals surface area (Å²) in [5, 5.41) is 0. The second kappa shape index (κ2) is 24.7. The monoisotopic (exact) mass is 362 g/mol. The van der Waals surface area contributed by atoms with Crippen molar-refractivity contribution in [2.45, 2.75) is 141 Å². The SMILES string of the molecule is [CH2]CCCCCCCCCC=CCCCCCCCCCCCCC[CH2]. The maximum Gasteiger partial charge on any atom is -0.0351 e. The van der Waals surface area contributed by atoms with E-state index in [0.29, 0.717) is 0 Å². The summed E-state index contributed by atoms with van der Waals surface area (Å²) < 4.78 is 0. The van der Waals surface area contributed by atoms with Gasteiger partial charge in [0.2, 0.25) is 0 Å². The van der Waals surface area contributed by atoms with Crippen LogP contribution >= 0.6 is 0 Å². The zero-order valence-corrected chi connectivity index (χ0v) is 18.1. The van der Waals surface area contributed by atoms with E-state index in [0.717, 1.165) is 12.8 Å². The summed E-state index contributed by atoms with van der Waals surface area (Å²) in [6.07, 6.45) is 35.2. The highest BCUT2D eigenvalue weighted by Crippen LogP contribution is 2.13. The lowest BCUT2D eigenvalue weighted by Crippen LogP contribution is -1.82. The molecule has 0 N–H and O–H groups in total. The maximum absolute atomic E-state index is 3.90. The highest BCUT2D eigenvalue weighted by Gasteiger charge is 1.93. The first-order chi connectivity index (χ1) is 12.9. The van der Waals surface area contributed by atoms with Gasteiger partial charge in [-0.2, -0.15) is 0 Å². The Balaban J connectivity index is 3.04. The Hall–Kier alpha value is -0.260. The minimum absolute atomic E-state index is 1.11. The largest absolute Gasteiger partial charge is 0.0885 e. The number of hydrogen-bond acceptors (Lipinski definition) is 0. The molecular formula is C26H50. The minimum atomic E-state index is 1.11. The highest BCUT2D eigenvalue weighted by atomic mass is 14.0. The van der Waals surface area contributed by atoms with Gasteiger partial charge in [-0.1, -0.05) is 142 Å². The predicted octanol–water partition coefficient (Wildman–Crippen LogP) is 9.79. The highest BCUT2D eigenvalue weighted by molar-refractivity contribution is 4.81. The van der Waals surface area contributed by atoms with Gasteiger partial charge in [0, 0.05) is 0 Å². The predicted molar refractivity (Wildman–Crippen MR) is 121 cm³/mol. The molecule has 2 radical (unpaired) electrons. The summed E-state index contributed by atoms with van der Waals surface area (Å²) >= 11 is 0. The second-order valence-electron chi connectivity index (χ2n) is 8.12. The van der Waals surface area contributed by atoms with Crippen LogP contribution < -0.4 is 0 Å². The van der Waals surface area contributed by atoms with Crippen LogP contribution in [-0.4, -0.2) is 0 Å². The molecule has 0 saturated carbocycles. The molecule has 0 aromatic heterocycles. The zero-order valence-electron chi connectivity index (χ0n) is 18.1. The average Bonchev–Trinajstić information content (AvgIpc) is 2.66. The zero-order chi connectivity index (χ0) is 19.0. The maximum atomic E-state index is 3.90. The van der Waals surface area contributed by atoms with Crippen molar-refractivity contribution in [3.05, 3.63) is 26.0 Å². The van der Waals surface area contributed by atoms with Crippen molar-refractivity contribution in [1.29, 1.82) is 0 Å². The molecule has 0 aliphatic rings. The van der Waals surface area contributed by atoms with E-state index in [2.05, 4.69) is 26.0 Å². The Kier molecular flexibility index (Phi) is 24.5. The average molecular weight is 363 g/mol. The van der Waals surface area contributed by atoms with Crippen LogP contribution in [0.15, 0.2) is 12.2 Å². The lowest BCUT2D eigenvalue weighted by molar-refractivity contribution is 0.547. The van der Waals surface area contributed by atoms with Crippen molar-refractivity contribution in [3.8, 4) is 0 Å². The summed E-state index contributed by atoms with van der Waals surface area (Å²) in [6.45, 7) is 7.81. The molecule has 0 spiro atoms. The van der Waals surface area contributed by atoms with Crippen LogP contribution in [0.25, 0.3) is 0 Å². The fourth-order valence-electron chi connectivity index (χ4n) is 3.59. The van der Waals surface area contributed by atoms with Gasteiger partial charge in [0.1, 0.15) is 0 Å². The van der Waals surface area contributed by atoms with Crippen LogP contribution in [0.1, 0.15) is 141 Å². The standard InChI is InChI=1S/C26H50/c1-3-5-7-9-11-13-15-17-19-21-23-25-26-24-22-20-18-16-14-12-10-8-6-4-2/h21,23H,1-20,22,24-26H2. The van der Waals surface area contributed by atoms with Crippen molar-refractivity contribution >= 4 is 0 Å². The molecular weight excluding hydrogens is 312 g/mol. The molecule has 0 unspecified atom stereocenters. The molecule has 0 fully saturated rings. The summed E-state index contributed by atoms with van der Waals surface area (Å²) in [5.41, 5.74) is 0. The molecule has 0 amide bonds. The molecule has 0 bridgehead atoms. The van der Waals surface area contributed by atoms with Gasteiger partial charge in [-0.05, 0) is 25.7 Å². The minimum Gasteiger partial charge on any atom is -0.0885 e. The van der Waals surface area contributed by atoms with Crippen LogP contribution in [0.4, 0.5) is 0 Å². The van der Waals surface area contributed by atoms with Crippen molar-refractivity contribution in [2.24, 2.45) is 0 Å². The molecule has 0 heterocycles. The lowest BCUT2D eigenvalue weighted by atomic mass is 10.0. The van der Waals surface area contributed by atoms with Crippen LogP contribution in [0.5, 0.6) is 0 Å². The van der Waals surface area contributed by atoms with E-state index in [-0.39, 0.29) is 0 Å². The first-order valence-electron chi connectivity index (χ1n) is 12.1. The van der Waals surface area contributed by atoms with E-state index < -0.39 is 0 Å². The molecule has 26 heavy (non-hydrogen) atoms. The molecule has 0 rings (SSSR count). The smallest absolute Gasteiger partial charge is 0.0351 e. The summed E-state index contributed by atoms with van der Waals surface area (Å²) in [5.74, 6) is 0. The third-order valence-electron chi connectivity index (χ3n) is 5.41. The Morgan fingerprint density at radius 2 is 0.538 bits per heavy atom. The number of rotatable bonds is 22. The Morgan fingerprint density at radius 1 is 0.308 bits per heavy atom. The molecule has 154 valence electrons. The van der Waals surface area contributed by atoms with Crippen LogP contribution in [0.3, 0.4) is 0 Å². The summed E-state index contributed by atoms with van der Waals surface area (Å²) in [7, 11) is 0. The topological polar surface area (TPSA) is 0 Å². The third-order valence-corrected chi connectivity index (χ3v) is 5.41. The summed E-state index contributed by atoms with van der Waals surface area (Å²) in [4.78, 5) is 0. The fourth-order valence-corrected chi connectivity index (χ4v) is 3.59. The molecule has 0 aliphatic heterocycles. The van der Waals surface area contributed by atoms with Crippen molar-refractivity contribution in [2.75, 3.05) is 0 Å². The molecule has 0 heteroatoms. The number of unbranched alkanes of at least 4 members (excludes halogenated alkanes) is 20. The van der Waals surface area contributed by atoms with E-state index in [9.17, 15) is 0 Å². The molecule has 0 aromatic carbocycles. The van der Waals surface area contributed by atoms with Gasteiger partial charge in [-0.15, -0.1) is 0 Å². The first kappa shape index (κ1) is 25.7. The van der Waals surface area contributed by atoms with E-state index >= 15 is 0 Å². The van der Waals surface area contributed by atoms with Crippen LogP contribution in [0.2, 0.25) is 0 Å². The van der Waals surface area contributed by atoms with Crippen LogP contribution in [0, 0.1) is 13.8 Å². The number of hydrogen-bond donors (Lipinski definition) is 0. The Bertz CT molecular complexity index is 253. The molecule has 0 nitrogen and oxygen atoms in total. The fraction of sp³-hybridized carbons (Fsp3) is 0.846. The van der Waals surface area contributed by atoms with Gasteiger partial charge < -0.3 is 0 Å². The van der Waals surface area contributed by atoms with Gasteiger partial charge in [0.15, 0.2) is 0 Å². The van der Waals surface area contributed by atoms with E-state index in [4.69, 9.17) is 0 Å². The van der Waals surface area contributed by atoms with Crippen LogP contribution in [-0.2, 0) is 0 Å². The van der Waals surface area contributed by atoms with Gasteiger partial charge in [0.25, 0.3) is 0 Å².